The molecule has 0 saturated carbocycles. The van der Waals surface area contributed by atoms with Crippen molar-refractivity contribution >= 4 is 5.82 Å². The van der Waals surface area contributed by atoms with E-state index < -0.39 is 17.9 Å². The number of rotatable bonds is 2. The van der Waals surface area contributed by atoms with Crippen LogP contribution in [0.25, 0.3) is 0 Å². The van der Waals surface area contributed by atoms with Crippen LogP contribution in [-0.4, -0.2) is 19.7 Å². The van der Waals surface area contributed by atoms with Gasteiger partial charge in [-0.25, -0.2) is 9.67 Å². The second kappa shape index (κ2) is 5.33. The predicted octanol–water partition coefficient (Wildman–Crippen LogP) is 1.63. The summed E-state index contributed by atoms with van der Waals surface area (Å²) in [6.07, 6.45) is -3.03. The van der Waals surface area contributed by atoms with Crippen molar-refractivity contribution in [1.82, 2.24) is 19.7 Å². The summed E-state index contributed by atoms with van der Waals surface area (Å²) < 4.78 is 38.5. The van der Waals surface area contributed by atoms with Crippen LogP contribution in [-0.2, 0) is 6.18 Å². The maximum Gasteiger partial charge on any atom is 0.434 e. The zero-order chi connectivity index (χ0) is 16.5. The van der Waals surface area contributed by atoms with Gasteiger partial charge in [0.2, 0.25) is 0 Å². The van der Waals surface area contributed by atoms with E-state index in [9.17, 15) is 13.2 Å². The summed E-state index contributed by atoms with van der Waals surface area (Å²) in [5, 5.41) is 21.7. The average Bonchev–Trinajstić information content (AvgIpc) is 2.81. The molecule has 0 bridgehead atoms. The minimum atomic E-state index is -4.58. The third-order valence-corrected chi connectivity index (χ3v) is 2.92. The number of hydrogen-bond acceptors (Lipinski definition) is 6. The normalized spacial score (nSPS) is 12.5. The Hall–Kier alpha value is -3.14. The molecule has 2 aromatic rings. The second-order valence-electron chi connectivity index (χ2n) is 4.28. The van der Waals surface area contributed by atoms with Gasteiger partial charge in [-0.15, -0.1) is 0 Å². The number of aromatic nitrogens is 4. The lowest BCUT2D eigenvalue weighted by Crippen LogP contribution is -2.15. The molecule has 1 atom stereocenters. The van der Waals surface area contributed by atoms with Gasteiger partial charge >= 0.3 is 6.18 Å². The number of nitrogens with zero attached hydrogens (tertiary/aromatic N) is 6. The zero-order valence-electron chi connectivity index (χ0n) is 11.1. The van der Waals surface area contributed by atoms with Crippen molar-refractivity contribution < 1.29 is 13.2 Å². The van der Waals surface area contributed by atoms with Gasteiger partial charge in [0.1, 0.15) is 23.5 Å². The first-order chi connectivity index (χ1) is 10.3. The van der Waals surface area contributed by atoms with Gasteiger partial charge in [-0.3, -0.25) is 4.98 Å². The van der Waals surface area contributed by atoms with E-state index >= 15 is 0 Å². The highest BCUT2D eigenvalue weighted by Crippen LogP contribution is 2.28. The SMILES string of the molecule is CC(c1cnc(C(F)(F)F)cn1)n1nc(C#N)c(C#N)c1N. The number of nitrogen functional groups attached to an aromatic ring is 1. The standard InChI is InChI=1S/C12H8F3N7/c1-6(9-4-20-10(5-19-9)12(13,14)15)22-11(18)7(2-16)8(3-17)21-22/h4-6H,18H2,1H3. The third kappa shape index (κ3) is 2.54. The minimum Gasteiger partial charge on any atom is -0.383 e. The molecule has 1 unspecified atom stereocenters. The maximum absolute atomic E-state index is 12.4. The number of nitrogens with two attached hydrogens (primary N) is 1. The van der Waals surface area contributed by atoms with E-state index in [1.165, 1.54) is 0 Å². The van der Waals surface area contributed by atoms with E-state index in [0.29, 0.717) is 6.20 Å². The van der Waals surface area contributed by atoms with Crippen molar-refractivity contribution in [3.63, 3.8) is 0 Å². The van der Waals surface area contributed by atoms with Gasteiger partial charge in [0.15, 0.2) is 11.4 Å². The number of nitriles is 2. The molecule has 10 heteroatoms. The Kier molecular flexibility index (Phi) is 3.70. The average molecular weight is 307 g/mol. The van der Waals surface area contributed by atoms with Gasteiger partial charge in [-0.05, 0) is 6.92 Å². The summed E-state index contributed by atoms with van der Waals surface area (Å²) >= 11 is 0. The quantitative estimate of drug-likeness (QED) is 0.901. The summed E-state index contributed by atoms with van der Waals surface area (Å²) in [5.74, 6) is -0.0618. The summed E-state index contributed by atoms with van der Waals surface area (Å²) in [5.41, 5.74) is 4.52. The van der Waals surface area contributed by atoms with E-state index in [1.54, 1.807) is 19.1 Å². The Balaban J connectivity index is 2.41. The number of anilines is 1. The molecule has 0 amide bonds. The summed E-state index contributed by atoms with van der Waals surface area (Å²) in [4.78, 5) is 6.98. The van der Waals surface area contributed by atoms with E-state index in [4.69, 9.17) is 16.3 Å². The van der Waals surface area contributed by atoms with Gasteiger partial charge in [0.05, 0.1) is 24.1 Å². The van der Waals surface area contributed by atoms with Crippen LogP contribution >= 0.6 is 0 Å². The number of halogens is 3. The molecule has 112 valence electrons. The second-order valence-corrected chi connectivity index (χ2v) is 4.28. The zero-order valence-corrected chi connectivity index (χ0v) is 11.1. The first kappa shape index (κ1) is 15.3. The van der Waals surface area contributed by atoms with E-state index in [1.807, 2.05) is 0 Å². The molecule has 0 saturated heterocycles. The molecule has 0 aliphatic carbocycles. The molecule has 2 rings (SSSR count). The van der Waals surface area contributed by atoms with Crippen LogP contribution in [0, 0.1) is 22.7 Å². The van der Waals surface area contributed by atoms with Crippen molar-refractivity contribution in [3.05, 3.63) is 35.0 Å². The van der Waals surface area contributed by atoms with Gasteiger partial charge < -0.3 is 5.73 Å². The Labute approximate surface area is 122 Å². The molecule has 2 aromatic heterocycles. The van der Waals surface area contributed by atoms with Crippen LogP contribution in [0.3, 0.4) is 0 Å². The van der Waals surface area contributed by atoms with Crippen molar-refractivity contribution in [1.29, 1.82) is 10.5 Å². The van der Waals surface area contributed by atoms with Gasteiger partial charge in [-0.2, -0.15) is 28.8 Å². The Bertz CT molecular complexity index is 777. The summed E-state index contributed by atoms with van der Waals surface area (Å²) in [6.45, 7) is 1.56. The molecule has 0 radical (unpaired) electrons. The van der Waals surface area contributed by atoms with Gasteiger partial charge in [0.25, 0.3) is 0 Å². The minimum absolute atomic E-state index is 0.0618. The van der Waals surface area contributed by atoms with Crippen LogP contribution < -0.4 is 5.73 Å². The van der Waals surface area contributed by atoms with Gasteiger partial charge in [-0.1, -0.05) is 0 Å². The van der Waals surface area contributed by atoms with E-state index in [-0.39, 0.29) is 22.8 Å². The number of hydrogen-bond donors (Lipinski definition) is 1. The fourth-order valence-corrected chi connectivity index (χ4v) is 1.76. The van der Waals surface area contributed by atoms with Crippen molar-refractivity contribution in [2.24, 2.45) is 0 Å². The fourth-order valence-electron chi connectivity index (χ4n) is 1.76. The molecular weight excluding hydrogens is 299 g/mol. The Morgan fingerprint density at radius 1 is 1.23 bits per heavy atom. The molecule has 0 aliphatic heterocycles. The highest BCUT2D eigenvalue weighted by molar-refractivity contribution is 5.56. The molecule has 2 N–H and O–H groups in total. The smallest absolute Gasteiger partial charge is 0.383 e. The molecule has 0 fully saturated rings. The molecule has 0 aromatic carbocycles. The maximum atomic E-state index is 12.4. The van der Waals surface area contributed by atoms with Gasteiger partial charge in [0, 0.05) is 0 Å². The predicted molar refractivity (Wildman–Crippen MR) is 66.9 cm³/mol. The van der Waals surface area contributed by atoms with Crippen LogP contribution in [0.5, 0.6) is 0 Å². The molecule has 7 nitrogen and oxygen atoms in total. The van der Waals surface area contributed by atoms with E-state index in [0.717, 1.165) is 10.9 Å². The summed E-state index contributed by atoms with van der Waals surface area (Å²) in [6, 6.07) is 2.79. The van der Waals surface area contributed by atoms with Crippen molar-refractivity contribution in [2.45, 2.75) is 19.1 Å². The Morgan fingerprint density at radius 2 is 1.91 bits per heavy atom. The van der Waals surface area contributed by atoms with E-state index in [2.05, 4.69) is 15.1 Å². The first-order valence-corrected chi connectivity index (χ1v) is 5.87. The highest BCUT2D eigenvalue weighted by atomic mass is 19.4. The van der Waals surface area contributed by atoms with Crippen molar-refractivity contribution in [2.75, 3.05) is 5.73 Å². The lowest BCUT2D eigenvalue weighted by molar-refractivity contribution is -0.141. The topological polar surface area (TPSA) is 117 Å². The Morgan fingerprint density at radius 3 is 2.32 bits per heavy atom. The molecular formula is C12H8F3N7. The highest BCUT2D eigenvalue weighted by Gasteiger charge is 2.33. The largest absolute Gasteiger partial charge is 0.434 e. The van der Waals surface area contributed by atoms with Crippen molar-refractivity contribution in [3.8, 4) is 12.1 Å². The summed E-state index contributed by atoms with van der Waals surface area (Å²) in [7, 11) is 0. The lowest BCUT2D eigenvalue weighted by Gasteiger charge is -2.13. The third-order valence-electron chi connectivity index (χ3n) is 2.92. The van der Waals surface area contributed by atoms with Crippen LogP contribution in [0.2, 0.25) is 0 Å². The van der Waals surface area contributed by atoms with Crippen LogP contribution in [0.4, 0.5) is 19.0 Å². The van der Waals surface area contributed by atoms with Crippen LogP contribution in [0.1, 0.15) is 35.6 Å². The van der Waals surface area contributed by atoms with Crippen LogP contribution in [0.15, 0.2) is 12.4 Å². The molecule has 2 heterocycles. The fraction of sp³-hybridized carbons (Fsp3) is 0.250. The first-order valence-electron chi connectivity index (χ1n) is 5.87. The number of alkyl halides is 3. The molecule has 0 spiro atoms. The lowest BCUT2D eigenvalue weighted by atomic mass is 10.2. The molecule has 0 aliphatic rings. The molecule has 22 heavy (non-hydrogen) atoms. The monoisotopic (exact) mass is 307 g/mol.